The van der Waals surface area contributed by atoms with Gasteiger partial charge in [-0.15, -0.1) is 0 Å². The minimum absolute atomic E-state index is 0.0347. The normalized spacial score (nSPS) is 11.9. The van der Waals surface area contributed by atoms with Crippen LogP contribution in [0.25, 0.3) is 10.9 Å². The first-order valence-corrected chi connectivity index (χ1v) is 4.20. The van der Waals surface area contributed by atoms with Crippen LogP contribution in [0.5, 0.6) is 0 Å². The van der Waals surface area contributed by atoms with Gasteiger partial charge in [0.2, 0.25) is 0 Å². The number of hydrogen-bond acceptors (Lipinski definition) is 2. The zero-order valence-electron chi connectivity index (χ0n) is 7.55. The predicted octanol–water partition coefficient (Wildman–Crippen LogP) is 2.84. The molecular formula is C10H7F3N2. The molecule has 0 spiro atoms. The largest absolute Gasteiger partial charge is 0.417 e. The maximum Gasteiger partial charge on any atom is 0.417 e. The molecule has 0 fully saturated rings. The third-order valence-corrected chi connectivity index (χ3v) is 2.10. The van der Waals surface area contributed by atoms with Crippen molar-refractivity contribution in [3.8, 4) is 0 Å². The van der Waals surface area contributed by atoms with Crippen molar-refractivity contribution in [2.24, 2.45) is 0 Å². The lowest BCUT2D eigenvalue weighted by Crippen LogP contribution is -2.07. The first-order valence-electron chi connectivity index (χ1n) is 4.20. The standard InChI is InChI=1S/C10H7F3N2/c11-10(12,13)6-2-1-3-8-9(6)7(14)4-5-15-8/h1-5H,(H2,14,15). The van der Waals surface area contributed by atoms with Crippen LogP contribution in [0.1, 0.15) is 5.56 Å². The zero-order chi connectivity index (χ0) is 11.1. The summed E-state index contributed by atoms with van der Waals surface area (Å²) in [4.78, 5) is 3.84. The summed E-state index contributed by atoms with van der Waals surface area (Å²) in [5.74, 6) is 0. The number of halogens is 3. The number of alkyl halides is 3. The summed E-state index contributed by atoms with van der Waals surface area (Å²) in [5, 5.41) is -0.0347. The van der Waals surface area contributed by atoms with Crippen LogP contribution in [-0.4, -0.2) is 4.98 Å². The van der Waals surface area contributed by atoms with E-state index in [1.165, 1.54) is 24.4 Å². The molecule has 0 saturated heterocycles. The monoisotopic (exact) mass is 212 g/mol. The third-order valence-electron chi connectivity index (χ3n) is 2.10. The van der Waals surface area contributed by atoms with E-state index in [4.69, 9.17) is 5.73 Å². The lowest BCUT2D eigenvalue weighted by atomic mass is 10.1. The van der Waals surface area contributed by atoms with Gasteiger partial charge in [-0.2, -0.15) is 13.2 Å². The van der Waals surface area contributed by atoms with Crippen molar-refractivity contribution < 1.29 is 13.2 Å². The van der Waals surface area contributed by atoms with Gasteiger partial charge < -0.3 is 5.73 Å². The SMILES string of the molecule is Nc1ccnc2cccc(C(F)(F)F)c12. The molecule has 2 nitrogen and oxygen atoms in total. The Morgan fingerprint density at radius 1 is 1.13 bits per heavy atom. The molecule has 0 unspecified atom stereocenters. The zero-order valence-corrected chi connectivity index (χ0v) is 7.55. The lowest BCUT2D eigenvalue weighted by Gasteiger charge is -2.11. The van der Waals surface area contributed by atoms with Gasteiger partial charge in [-0.05, 0) is 18.2 Å². The van der Waals surface area contributed by atoms with Crippen molar-refractivity contribution in [3.05, 3.63) is 36.0 Å². The van der Waals surface area contributed by atoms with Crippen molar-refractivity contribution in [2.45, 2.75) is 6.18 Å². The molecule has 78 valence electrons. The number of hydrogen-bond donors (Lipinski definition) is 1. The number of rotatable bonds is 0. The Morgan fingerprint density at radius 2 is 1.87 bits per heavy atom. The Balaban J connectivity index is 2.86. The molecule has 2 aromatic rings. The van der Waals surface area contributed by atoms with E-state index < -0.39 is 11.7 Å². The first kappa shape index (κ1) is 9.76. The Bertz CT molecular complexity index is 500. The molecule has 1 heterocycles. The number of anilines is 1. The third kappa shape index (κ3) is 1.60. The average molecular weight is 212 g/mol. The molecular weight excluding hydrogens is 205 g/mol. The summed E-state index contributed by atoms with van der Waals surface area (Å²) >= 11 is 0. The van der Waals surface area contributed by atoms with Crippen LogP contribution in [0.3, 0.4) is 0 Å². The van der Waals surface area contributed by atoms with E-state index in [1.54, 1.807) is 0 Å². The van der Waals surface area contributed by atoms with Gasteiger partial charge in [-0.25, -0.2) is 0 Å². The molecule has 0 atom stereocenters. The summed E-state index contributed by atoms with van der Waals surface area (Å²) in [5.41, 5.74) is 5.11. The molecule has 0 aliphatic carbocycles. The maximum absolute atomic E-state index is 12.6. The highest BCUT2D eigenvalue weighted by molar-refractivity contribution is 5.93. The summed E-state index contributed by atoms with van der Waals surface area (Å²) in [6.07, 6.45) is -3.02. The van der Waals surface area contributed by atoms with Gasteiger partial charge in [-0.3, -0.25) is 4.98 Å². The van der Waals surface area contributed by atoms with Gasteiger partial charge in [0.1, 0.15) is 0 Å². The first-order chi connectivity index (χ1) is 7.00. The molecule has 5 heteroatoms. The van der Waals surface area contributed by atoms with Gasteiger partial charge in [0, 0.05) is 17.3 Å². The van der Waals surface area contributed by atoms with Crippen LogP contribution < -0.4 is 5.73 Å². The second-order valence-electron chi connectivity index (χ2n) is 3.10. The van der Waals surface area contributed by atoms with E-state index in [0.717, 1.165) is 6.07 Å². The Hall–Kier alpha value is -1.78. The van der Waals surface area contributed by atoms with Crippen molar-refractivity contribution >= 4 is 16.6 Å². The van der Waals surface area contributed by atoms with Crippen molar-refractivity contribution in [1.29, 1.82) is 0 Å². The van der Waals surface area contributed by atoms with Gasteiger partial charge in [0.15, 0.2) is 0 Å². The minimum Gasteiger partial charge on any atom is -0.398 e. The fraction of sp³-hybridized carbons (Fsp3) is 0.100. The quantitative estimate of drug-likeness (QED) is 0.729. The number of pyridine rings is 1. The van der Waals surface area contributed by atoms with E-state index in [9.17, 15) is 13.2 Å². The van der Waals surface area contributed by atoms with Crippen LogP contribution in [0.4, 0.5) is 18.9 Å². The van der Waals surface area contributed by atoms with Gasteiger partial charge in [-0.1, -0.05) is 6.07 Å². The van der Waals surface area contributed by atoms with Gasteiger partial charge >= 0.3 is 6.18 Å². The molecule has 1 aromatic heterocycles. The van der Waals surface area contributed by atoms with Crippen molar-refractivity contribution in [3.63, 3.8) is 0 Å². The molecule has 2 rings (SSSR count). The van der Waals surface area contributed by atoms with Crippen LogP contribution in [0, 0.1) is 0 Å². The fourth-order valence-electron chi connectivity index (χ4n) is 1.47. The van der Waals surface area contributed by atoms with Crippen molar-refractivity contribution in [2.75, 3.05) is 5.73 Å². The van der Waals surface area contributed by atoms with Crippen LogP contribution in [-0.2, 0) is 6.18 Å². The van der Waals surface area contributed by atoms with Crippen LogP contribution >= 0.6 is 0 Å². The number of aromatic nitrogens is 1. The molecule has 0 aliphatic rings. The molecule has 0 amide bonds. The molecule has 1 aromatic carbocycles. The average Bonchev–Trinajstić information content (AvgIpc) is 2.16. The van der Waals surface area contributed by atoms with Crippen molar-refractivity contribution in [1.82, 2.24) is 4.98 Å². The second-order valence-corrected chi connectivity index (χ2v) is 3.10. The lowest BCUT2D eigenvalue weighted by molar-refractivity contribution is -0.136. The van der Waals surface area contributed by atoms with E-state index in [0.29, 0.717) is 0 Å². The van der Waals surface area contributed by atoms with E-state index in [2.05, 4.69) is 4.98 Å². The molecule has 0 radical (unpaired) electrons. The summed E-state index contributed by atoms with van der Waals surface area (Å²) in [6.45, 7) is 0. The highest BCUT2D eigenvalue weighted by atomic mass is 19.4. The predicted molar refractivity (Wildman–Crippen MR) is 51.2 cm³/mol. The summed E-state index contributed by atoms with van der Waals surface area (Å²) in [7, 11) is 0. The van der Waals surface area contributed by atoms with E-state index in [-0.39, 0.29) is 16.6 Å². The number of benzene rings is 1. The number of nitrogen functional groups attached to an aromatic ring is 1. The Morgan fingerprint density at radius 3 is 2.53 bits per heavy atom. The minimum atomic E-state index is -4.41. The molecule has 0 aliphatic heterocycles. The Labute approximate surface area is 83.5 Å². The number of nitrogens with two attached hydrogens (primary N) is 1. The molecule has 0 bridgehead atoms. The van der Waals surface area contributed by atoms with E-state index in [1.807, 2.05) is 0 Å². The van der Waals surface area contributed by atoms with Crippen LogP contribution in [0.2, 0.25) is 0 Å². The number of nitrogens with zero attached hydrogens (tertiary/aromatic N) is 1. The fourth-order valence-corrected chi connectivity index (χ4v) is 1.47. The van der Waals surface area contributed by atoms with Gasteiger partial charge in [0.05, 0.1) is 11.1 Å². The molecule has 15 heavy (non-hydrogen) atoms. The van der Waals surface area contributed by atoms with E-state index >= 15 is 0 Å². The summed E-state index contributed by atoms with van der Waals surface area (Å²) in [6, 6.07) is 5.18. The number of fused-ring (bicyclic) bond motifs is 1. The smallest absolute Gasteiger partial charge is 0.398 e. The topological polar surface area (TPSA) is 38.9 Å². The Kier molecular flexibility index (Phi) is 2.03. The van der Waals surface area contributed by atoms with Crippen LogP contribution in [0.15, 0.2) is 30.5 Å². The molecule has 2 N–H and O–H groups in total. The highest BCUT2D eigenvalue weighted by Gasteiger charge is 2.33. The maximum atomic E-state index is 12.6. The second kappa shape index (κ2) is 3.12. The highest BCUT2D eigenvalue weighted by Crippen LogP contribution is 2.36. The molecule has 0 saturated carbocycles. The van der Waals surface area contributed by atoms with Gasteiger partial charge in [0.25, 0.3) is 0 Å². The summed E-state index contributed by atoms with van der Waals surface area (Å²) < 4.78 is 37.8.